The summed E-state index contributed by atoms with van der Waals surface area (Å²) < 4.78 is 31.3. The summed E-state index contributed by atoms with van der Waals surface area (Å²) in [7, 11) is -3.10. The van der Waals surface area contributed by atoms with Crippen molar-refractivity contribution in [1.29, 1.82) is 0 Å². The van der Waals surface area contributed by atoms with Gasteiger partial charge in [-0.1, -0.05) is 37.1 Å². The van der Waals surface area contributed by atoms with Crippen LogP contribution in [-0.2, 0) is 26.6 Å². The highest BCUT2D eigenvalue weighted by Crippen LogP contribution is 2.53. The molecule has 0 radical (unpaired) electrons. The molecule has 6 heteroatoms. The van der Waals surface area contributed by atoms with Crippen molar-refractivity contribution < 1.29 is 13.2 Å². The Morgan fingerprint density at radius 1 is 0.842 bits per heavy atom. The molecule has 0 N–H and O–H groups in total. The SMILES string of the molecule is O=S(=O)(c1ccc(N2CC(CN3CCC(C4(C5CCCC5)COCc5ccccc54)CC3)C2)cc1)C1CC1. The van der Waals surface area contributed by atoms with E-state index in [0.29, 0.717) is 16.7 Å². The molecule has 0 amide bonds. The second-order valence-electron chi connectivity index (χ2n) is 12.8. The van der Waals surface area contributed by atoms with E-state index in [4.69, 9.17) is 4.74 Å². The van der Waals surface area contributed by atoms with E-state index >= 15 is 0 Å². The topological polar surface area (TPSA) is 49.9 Å². The van der Waals surface area contributed by atoms with Crippen LogP contribution in [0.15, 0.2) is 53.4 Å². The number of anilines is 1. The molecule has 2 saturated heterocycles. The number of piperidine rings is 1. The minimum Gasteiger partial charge on any atom is -0.376 e. The third kappa shape index (κ3) is 4.41. The first kappa shape index (κ1) is 25.1. The van der Waals surface area contributed by atoms with Crippen LogP contribution in [0.3, 0.4) is 0 Å². The van der Waals surface area contributed by atoms with Crippen LogP contribution in [0.5, 0.6) is 0 Å². The van der Waals surface area contributed by atoms with Crippen LogP contribution in [0.25, 0.3) is 0 Å². The van der Waals surface area contributed by atoms with Crippen LogP contribution in [0.2, 0.25) is 0 Å². The standard InChI is InChI=1S/C32H42N2O3S/c35-38(36,30-13-14-30)29-11-9-28(10-12-29)34-20-24(21-34)19-33-17-15-27(16-18-33)32(26-6-2-3-7-26)23-37-22-25-5-1-4-8-31(25)32/h1,4-5,8-12,24,26-27,30H,2-3,6-7,13-23H2. The summed E-state index contributed by atoms with van der Waals surface area (Å²) in [5.41, 5.74) is 4.41. The molecule has 38 heavy (non-hydrogen) atoms. The molecule has 3 heterocycles. The van der Waals surface area contributed by atoms with E-state index in [1.54, 1.807) is 5.56 Å². The van der Waals surface area contributed by atoms with Gasteiger partial charge in [-0.25, -0.2) is 8.42 Å². The molecule has 204 valence electrons. The molecule has 3 aliphatic heterocycles. The number of sulfone groups is 1. The minimum absolute atomic E-state index is 0.140. The number of fused-ring (bicyclic) bond motifs is 1. The zero-order valence-electron chi connectivity index (χ0n) is 22.6. The molecule has 7 rings (SSSR count). The van der Waals surface area contributed by atoms with Gasteiger partial charge in [0.25, 0.3) is 0 Å². The van der Waals surface area contributed by atoms with Crippen molar-refractivity contribution >= 4 is 15.5 Å². The molecule has 5 nitrogen and oxygen atoms in total. The fourth-order valence-electron chi connectivity index (χ4n) is 8.27. The predicted octanol–water partition coefficient (Wildman–Crippen LogP) is 5.43. The second kappa shape index (κ2) is 9.94. The van der Waals surface area contributed by atoms with Gasteiger partial charge >= 0.3 is 0 Å². The second-order valence-corrected chi connectivity index (χ2v) is 15.0. The highest BCUT2D eigenvalue weighted by atomic mass is 32.2. The highest BCUT2D eigenvalue weighted by Gasteiger charge is 2.50. The molecule has 4 fully saturated rings. The molecule has 2 aromatic carbocycles. The lowest BCUT2D eigenvalue weighted by molar-refractivity contribution is -0.0244. The number of hydrogen-bond donors (Lipinski definition) is 0. The van der Waals surface area contributed by atoms with Gasteiger partial charge in [0.1, 0.15) is 0 Å². The third-order valence-electron chi connectivity index (χ3n) is 10.5. The zero-order chi connectivity index (χ0) is 25.7. The Morgan fingerprint density at radius 3 is 2.24 bits per heavy atom. The number of hydrogen-bond acceptors (Lipinski definition) is 5. The molecular formula is C32H42N2O3S. The van der Waals surface area contributed by atoms with Gasteiger partial charge < -0.3 is 14.5 Å². The fraction of sp³-hybridized carbons (Fsp3) is 0.625. The first-order valence-electron chi connectivity index (χ1n) is 15.0. The number of ether oxygens (including phenoxy) is 1. The molecule has 0 bridgehead atoms. The van der Waals surface area contributed by atoms with Crippen molar-refractivity contribution in [1.82, 2.24) is 4.90 Å². The van der Waals surface area contributed by atoms with Crippen LogP contribution >= 0.6 is 0 Å². The van der Waals surface area contributed by atoms with Crippen molar-refractivity contribution in [3.63, 3.8) is 0 Å². The summed E-state index contributed by atoms with van der Waals surface area (Å²) >= 11 is 0. The van der Waals surface area contributed by atoms with Crippen LogP contribution < -0.4 is 4.90 Å². The lowest BCUT2D eigenvalue weighted by Gasteiger charge is -2.52. The van der Waals surface area contributed by atoms with Gasteiger partial charge in [0.15, 0.2) is 9.84 Å². The van der Waals surface area contributed by atoms with Gasteiger partial charge in [-0.3, -0.25) is 0 Å². The molecule has 0 aromatic heterocycles. The summed E-state index contributed by atoms with van der Waals surface area (Å²) in [6, 6.07) is 16.8. The van der Waals surface area contributed by atoms with Crippen molar-refractivity contribution in [2.75, 3.05) is 44.2 Å². The smallest absolute Gasteiger partial charge is 0.181 e. The van der Waals surface area contributed by atoms with Crippen molar-refractivity contribution in [3.05, 3.63) is 59.7 Å². The number of likely N-dealkylation sites (tertiary alicyclic amines) is 1. The van der Waals surface area contributed by atoms with E-state index in [1.165, 1.54) is 63.7 Å². The van der Waals surface area contributed by atoms with Gasteiger partial charge in [0.05, 0.1) is 23.4 Å². The number of benzene rings is 2. The Bertz CT molecular complexity index is 1240. The Morgan fingerprint density at radius 2 is 1.53 bits per heavy atom. The van der Waals surface area contributed by atoms with E-state index in [0.717, 1.165) is 50.8 Å². The maximum Gasteiger partial charge on any atom is 0.181 e. The average molecular weight is 535 g/mol. The van der Waals surface area contributed by atoms with Crippen molar-refractivity contribution in [3.8, 4) is 0 Å². The van der Waals surface area contributed by atoms with Gasteiger partial charge in [-0.05, 0) is 98.8 Å². The molecule has 1 atom stereocenters. The largest absolute Gasteiger partial charge is 0.376 e. The summed E-state index contributed by atoms with van der Waals surface area (Å²) in [6.07, 6.45) is 9.68. The van der Waals surface area contributed by atoms with Gasteiger partial charge in [0.2, 0.25) is 0 Å². The van der Waals surface area contributed by atoms with E-state index in [1.807, 2.05) is 24.3 Å². The molecule has 0 spiro atoms. The maximum absolute atomic E-state index is 12.5. The van der Waals surface area contributed by atoms with Gasteiger partial charge in [-0.15, -0.1) is 0 Å². The Hall–Kier alpha value is -1.89. The number of rotatable bonds is 7. The Kier molecular flexibility index (Phi) is 6.57. The van der Waals surface area contributed by atoms with E-state index in [2.05, 4.69) is 34.1 Å². The lowest BCUT2D eigenvalue weighted by atomic mass is 9.58. The fourth-order valence-corrected chi connectivity index (χ4v) is 9.92. The Balaban J connectivity index is 0.959. The predicted molar refractivity (Wildman–Crippen MR) is 151 cm³/mol. The molecule has 5 aliphatic rings. The molecule has 2 aliphatic carbocycles. The number of nitrogens with zero attached hydrogens (tertiary/aromatic N) is 2. The van der Waals surface area contributed by atoms with Crippen LogP contribution in [0.1, 0.15) is 62.5 Å². The first-order valence-corrected chi connectivity index (χ1v) is 16.6. The van der Waals surface area contributed by atoms with Crippen LogP contribution in [0, 0.1) is 17.8 Å². The summed E-state index contributed by atoms with van der Waals surface area (Å²) in [6.45, 7) is 7.42. The summed E-state index contributed by atoms with van der Waals surface area (Å²) in [5.74, 6) is 2.18. The monoisotopic (exact) mass is 534 g/mol. The quantitative estimate of drug-likeness (QED) is 0.474. The third-order valence-corrected chi connectivity index (χ3v) is 12.8. The maximum atomic E-state index is 12.5. The van der Waals surface area contributed by atoms with Gasteiger partial charge in [-0.2, -0.15) is 0 Å². The first-order chi connectivity index (χ1) is 18.5. The molecule has 1 unspecified atom stereocenters. The van der Waals surface area contributed by atoms with Crippen molar-refractivity contribution in [2.45, 2.75) is 73.5 Å². The van der Waals surface area contributed by atoms with E-state index < -0.39 is 9.84 Å². The van der Waals surface area contributed by atoms with Gasteiger partial charge in [0, 0.05) is 36.7 Å². The lowest BCUT2D eigenvalue weighted by Crippen LogP contribution is -2.55. The van der Waals surface area contributed by atoms with Crippen molar-refractivity contribution in [2.24, 2.45) is 17.8 Å². The minimum atomic E-state index is -3.10. The van der Waals surface area contributed by atoms with Crippen LogP contribution in [-0.4, -0.2) is 57.9 Å². The molecule has 2 saturated carbocycles. The zero-order valence-corrected chi connectivity index (χ0v) is 23.4. The van der Waals surface area contributed by atoms with E-state index in [9.17, 15) is 8.42 Å². The normalized spacial score (nSPS) is 27.8. The molecular weight excluding hydrogens is 492 g/mol. The van der Waals surface area contributed by atoms with Crippen LogP contribution in [0.4, 0.5) is 5.69 Å². The summed E-state index contributed by atoms with van der Waals surface area (Å²) in [4.78, 5) is 5.60. The van der Waals surface area contributed by atoms with E-state index in [-0.39, 0.29) is 10.7 Å². The Labute approximate surface area is 228 Å². The highest BCUT2D eigenvalue weighted by molar-refractivity contribution is 7.92. The molecule has 2 aromatic rings. The average Bonchev–Trinajstić information content (AvgIpc) is 3.66. The summed E-state index contributed by atoms with van der Waals surface area (Å²) in [5, 5.41) is -0.140.